The van der Waals surface area contributed by atoms with Crippen molar-refractivity contribution in [2.24, 2.45) is 0 Å². The molecule has 1 unspecified atom stereocenters. The van der Waals surface area contributed by atoms with Crippen molar-refractivity contribution in [3.63, 3.8) is 0 Å². The number of nitriles is 1. The maximum absolute atomic E-state index is 13.2. The zero-order valence-corrected chi connectivity index (χ0v) is 18.9. The molecule has 1 N–H and O–H groups in total. The van der Waals surface area contributed by atoms with E-state index >= 15 is 0 Å². The molecule has 0 fully saturated rings. The number of hydrogen-bond acceptors (Lipinski definition) is 5. The first-order valence-electron chi connectivity index (χ1n) is 10.5. The summed E-state index contributed by atoms with van der Waals surface area (Å²) in [6.07, 6.45) is -1.49. The van der Waals surface area contributed by atoms with Crippen molar-refractivity contribution >= 4 is 15.7 Å². The molecule has 1 aliphatic rings. The molecule has 3 aromatic rings. The number of nitrogens with one attached hydrogen (secondary N) is 1. The molecule has 0 amide bonds. The van der Waals surface area contributed by atoms with Crippen LogP contribution in [0, 0.1) is 11.3 Å². The first-order chi connectivity index (χ1) is 16.1. The van der Waals surface area contributed by atoms with E-state index < -0.39 is 28.0 Å². The fourth-order valence-corrected chi connectivity index (χ4v) is 5.74. The van der Waals surface area contributed by atoms with Gasteiger partial charge in [0.1, 0.15) is 0 Å². The lowest BCUT2D eigenvalue weighted by atomic mass is 10.1. The highest BCUT2D eigenvalue weighted by molar-refractivity contribution is 7.89. The summed E-state index contributed by atoms with van der Waals surface area (Å²) in [6.45, 7) is 0.238. The molecule has 0 spiro atoms. The van der Waals surface area contributed by atoms with Gasteiger partial charge in [-0.05, 0) is 35.7 Å². The molecular formula is C23H22F3N5O2S. The third-order valence-electron chi connectivity index (χ3n) is 5.65. The zero-order chi connectivity index (χ0) is 24.3. The maximum Gasteiger partial charge on any atom is 0.404 e. The molecule has 2 aromatic carbocycles. The van der Waals surface area contributed by atoms with Gasteiger partial charge in [-0.3, -0.25) is 0 Å². The summed E-state index contributed by atoms with van der Waals surface area (Å²) in [4.78, 5) is 8.95. The van der Waals surface area contributed by atoms with Crippen LogP contribution in [0.3, 0.4) is 0 Å². The quantitative estimate of drug-likeness (QED) is 0.571. The van der Waals surface area contributed by atoms with Crippen molar-refractivity contribution in [1.82, 2.24) is 14.3 Å². The molecule has 11 heteroatoms. The highest BCUT2D eigenvalue weighted by Gasteiger charge is 2.42. The maximum atomic E-state index is 13.2. The van der Waals surface area contributed by atoms with Gasteiger partial charge in [0.05, 0.1) is 30.2 Å². The van der Waals surface area contributed by atoms with Gasteiger partial charge in [0.2, 0.25) is 10.0 Å². The van der Waals surface area contributed by atoms with Crippen LogP contribution in [0.25, 0.3) is 0 Å². The predicted molar refractivity (Wildman–Crippen MR) is 120 cm³/mol. The lowest BCUT2D eigenvalue weighted by Gasteiger charge is -2.32. The molecule has 2 heterocycles. The van der Waals surface area contributed by atoms with E-state index in [4.69, 9.17) is 0 Å². The molecule has 1 aliphatic heterocycles. The van der Waals surface area contributed by atoms with Crippen LogP contribution in [0.1, 0.15) is 22.4 Å². The van der Waals surface area contributed by atoms with Crippen LogP contribution in [0.2, 0.25) is 0 Å². The molecule has 1 atom stereocenters. The topological polar surface area (TPSA) is 93.1 Å². The molecule has 1 aromatic heterocycles. The Morgan fingerprint density at radius 1 is 1.18 bits per heavy atom. The average molecular weight is 490 g/mol. The normalized spacial score (nSPS) is 17.1. The van der Waals surface area contributed by atoms with E-state index in [1.54, 1.807) is 30.5 Å². The van der Waals surface area contributed by atoms with E-state index in [1.165, 1.54) is 12.4 Å². The standard InChI is InChI=1S/C23H22F3N5O2S/c24-23(25,26)15-34(32,33)31-12-19-8-18(10-27)6-7-22(19)30(13-20-11-28-16-29-20)14-21(31)9-17-4-2-1-3-5-17/h1-8,11,16,21H,9,12-15H2,(H,28,29). The molecule has 34 heavy (non-hydrogen) atoms. The average Bonchev–Trinajstić information content (AvgIpc) is 3.23. The number of benzene rings is 2. The van der Waals surface area contributed by atoms with Gasteiger partial charge >= 0.3 is 6.18 Å². The number of sulfonamides is 1. The van der Waals surface area contributed by atoms with Crippen LogP contribution in [0.5, 0.6) is 0 Å². The van der Waals surface area contributed by atoms with E-state index in [9.17, 15) is 26.9 Å². The Kier molecular flexibility index (Phi) is 6.63. The SMILES string of the molecule is N#Cc1ccc2c(c1)CN(S(=O)(=O)CC(F)(F)F)C(Cc1ccccc1)CN2Cc1cnc[nH]1. The van der Waals surface area contributed by atoms with Gasteiger partial charge in [0.25, 0.3) is 0 Å². The minimum Gasteiger partial charge on any atom is -0.364 e. The first kappa shape index (κ1) is 23.8. The molecule has 4 rings (SSSR count). The van der Waals surface area contributed by atoms with E-state index in [1.807, 2.05) is 29.2 Å². The van der Waals surface area contributed by atoms with Crippen LogP contribution in [0.15, 0.2) is 61.1 Å². The molecule has 0 saturated heterocycles. The van der Waals surface area contributed by atoms with Crippen molar-refractivity contribution in [2.45, 2.75) is 31.7 Å². The van der Waals surface area contributed by atoms with Gasteiger partial charge in [-0.1, -0.05) is 30.3 Å². The Balaban J connectivity index is 1.80. The van der Waals surface area contributed by atoms with E-state index in [-0.39, 0.29) is 19.5 Å². The minimum absolute atomic E-state index is 0.157. The van der Waals surface area contributed by atoms with Crippen LogP contribution >= 0.6 is 0 Å². The number of alkyl halides is 3. The fourth-order valence-electron chi connectivity index (χ4n) is 4.23. The number of halogens is 3. The van der Waals surface area contributed by atoms with E-state index in [0.717, 1.165) is 15.6 Å². The lowest BCUT2D eigenvalue weighted by Crippen LogP contribution is -2.48. The molecule has 0 saturated carbocycles. The number of hydrogen-bond donors (Lipinski definition) is 1. The van der Waals surface area contributed by atoms with Gasteiger partial charge < -0.3 is 9.88 Å². The molecule has 0 aliphatic carbocycles. The molecular weight excluding hydrogens is 467 g/mol. The van der Waals surface area contributed by atoms with Gasteiger partial charge in [-0.25, -0.2) is 13.4 Å². The molecule has 7 nitrogen and oxygen atoms in total. The second kappa shape index (κ2) is 9.48. The summed E-state index contributed by atoms with van der Waals surface area (Å²) < 4.78 is 66.7. The Morgan fingerprint density at radius 2 is 1.94 bits per heavy atom. The van der Waals surface area contributed by atoms with Crippen molar-refractivity contribution in [3.05, 3.63) is 83.4 Å². The number of rotatable bonds is 6. The Hall–Kier alpha value is -3.36. The monoisotopic (exact) mass is 489 g/mol. The smallest absolute Gasteiger partial charge is 0.364 e. The van der Waals surface area contributed by atoms with Crippen molar-refractivity contribution < 1.29 is 21.6 Å². The summed E-state index contributed by atoms with van der Waals surface area (Å²) in [5.74, 6) is -1.95. The summed E-state index contributed by atoms with van der Waals surface area (Å²) in [5.41, 5.74) is 3.01. The second-order valence-electron chi connectivity index (χ2n) is 8.17. The Morgan fingerprint density at radius 3 is 2.59 bits per heavy atom. The number of aromatic nitrogens is 2. The van der Waals surface area contributed by atoms with Crippen molar-refractivity contribution in [1.29, 1.82) is 5.26 Å². The van der Waals surface area contributed by atoms with Crippen molar-refractivity contribution in [2.75, 3.05) is 17.2 Å². The summed E-state index contributed by atoms with van der Waals surface area (Å²) in [7, 11) is -4.70. The Bertz CT molecular complexity index is 1270. The van der Waals surface area contributed by atoms with E-state index in [2.05, 4.69) is 9.97 Å². The largest absolute Gasteiger partial charge is 0.404 e. The first-order valence-corrected chi connectivity index (χ1v) is 12.1. The number of imidazole rings is 1. The van der Waals surface area contributed by atoms with Crippen LogP contribution in [-0.2, 0) is 29.5 Å². The number of nitrogens with zero attached hydrogens (tertiary/aromatic N) is 4. The van der Waals surface area contributed by atoms with Gasteiger partial charge in [-0.15, -0.1) is 0 Å². The second-order valence-corrected chi connectivity index (χ2v) is 10.1. The lowest BCUT2D eigenvalue weighted by molar-refractivity contribution is -0.107. The van der Waals surface area contributed by atoms with Crippen LogP contribution < -0.4 is 4.90 Å². The Labute approximate surface area is 195 Å². The number of fused-ring (bicyclic) bond motifs is 1. The molecule has 178 valence electrons. The zero-order valence-electron chi connectivity index (χ0n) is 18.0. The van der Waals surface area contributed by atoms with E-state index in [0.29, 0.717) is 23.4 Å². The summed E-state index contributed by atoms with van der Waals surface area (Å²) >= 11 is 0. The van der Waals surface area contributed by atoms with Crippen LogP contribution in [-0.4, -0.2) is 47.2 Å². The highest BCUT2D eigenvalue weighted by atomic mass is 32.2. The number of aromatic amines is 1. The third-order valence-corrected chi connectivity index (χ3v) is 7.48. The molecule has 0 radical (unpaired) electrons. The summed E-state index contributed by atoms with van der Waals surface area (Å²) in [5, 5.41) is 9.35. The number of H-pyrrole nitrogens is 1. The number of anilines is 1. The minimum atomic E-state index is -4.88. The third kappa shape index (κ3) is 5.58. The summed E-state index contributed by atoms with van der Waals surface area (Å²) in [6, 6.07) is 15.2. The fraction of sp³-hybridized carbons (Fsp3) is 0.304. The van der Waals surface area contributed by atoms with Gasteiger partial charge in [0.15, 0.2) is 5.75 Å². The van der Waals surface area contributed by atoms with Gasteiger partial charge in [-0.2, -0.15) is 22.7 Å². The molecule has 0 bridgehead atoms. The van der Waals surface area contributed by atoms with Crippen LogP contribution in [0.4, 0.5) is 18.9 Å². The highest BCUT2D eigenvalue weighted by Crippen LogP contribution is 2.33. The van der Waals surface area contributed by atoms with Gasteiger partial charge in [0, 0.05) is 31.0 Å². The predicted octanol–water partition coefficient (Wildman–Crippen LogP) is 3.61. The van der Waals surface area contributed by atoms with Crippen molar-refractivity contribution in [3.8, 4) is 6.07 Å².